The minimum Gasteiger partial charge on any atom is -0.497 e. The molecule has 10 nitrogen and oxygen atoms in total. The number of H-pyrrole nitrogens is 1. The molecule has 2 aliphatic heterocycles. The minimum absolute atomic E-state index is 0.0165. The summed E-state index contributed by atoms with van der Waals surface area (Å²) in [4.78, 5) is 44.6. The van der Waals surface area contributed by atoms with Crippen LogP contribution < -0.4 is 10.1 Å². The van der Waals surface area contributed by atoms with Crippen molar-refractivity contribution in [1.29, 1.82) is 0 Å². The van der Waals surface area contributed by atoms with Crippen molar-refractivity contribution in [3.8, 4) is 5.75 Å². The Labute approximate surface area is 244 Å². The molecule has 10 heteroatoms. The van der Waals surface area contributed by atoms with E-state index in [1.54, 1.807) is 38.5 Å². The lowest BCUT2D eigenvalue weighted by atomic mass is 9.63. The summed E-state index contributed by atoms with van der Waals surface area (Å²) in [6, 6.07) is 13.0. The van der Waals surface area contributed by atoms with Gasteiger partial charge in [-0.25, -0.2) is 4.79 Å². The number of benzene rings is 2. The standard InChI is InChI=1S/C32H37N3O7/c1-17(36)33-24-8-6-5-7-22(24)31(37)42-27-13-18-16-35-12-11-21-20-10-9-19(39-2)14-25(20)34-29(21)26(35)15-23(18)28(30(27)40-3)32(38)41-4/h5-10,14,18,23,26-28,30,34H,11-13,15-16H2,1-4H3,(H,33,36). The Morgan fingerprint density at radius 3 is 2.60 bits per heavy atom. The number of methoxy groups -OCH3 is 3. The van der Waals surface area contributed by atoms with Crippen molar-refractivity contribution < 1.29 is 33.3 Å². The van der Waals surface area contributed by atoms with Crippen LogP contribution in [-0.4, -0.2) is 74.4 Å². The van der Waals surface area contributed by atoms with Crippen LogP contribution in [0.4, 0.5) is 5.69 Å². The van der Waals surface area contributed by atoms with E-state index < -0.39 is 24.1 Å². The highest BCUT2D eigenvalue weighted by Gasteiger charge is 2.54. The van der Waals surface area contributed by atoms with Gasteiger partial charge in [-0.3, -0.25) is 14.5 Å². The van der Waals surface area contributed by atoms with Gasteiger partial charge >= 0.3 is 11.9 Å². The molecule has 1 saturated heterocycles. The van der Waals surface area contributed by atoms with E-state index in [2.05, 4.69) is 21.3 Å². The van der Waals surface area contributed by atoms with Crippen molar-refractivity contribution in [2.24, 2.45) is 17.8 Å². The van der Waals surface area contributed by atoms with Crippen LogP contribution in [0.1, 0.15) is 47.4 Å². The zero-order valence-corrected chi connectivity index (χ0v) is 24.3. The highest BCUT2D eigenvalue weighted by atomic mass is 16.6. The molecule has 3 aromatic rings. The van der Waals surface area contributed by atoms with Gasteiger partial charge in [-0.2, -0.15) is 0 Å². The second kappa shape index (κ2) is 11.4. The smallest absolute Gasteiger partial charge is 0.340 e. The number of carbonyl (C=O) groups is 3. The number of nitrogens with zero attached hydrogens (tertiary/aromatic N) is 1. The lowest BCUT2D eigenvalue weighted by Crippen LogP contribution is -2.58. The van der Waals surface area contributed by atoms with Gasteiger partial charge in [-0.15, -0.1) is 0 Å². The number of nitrogens with one attached hydrogen (secondary N) is 2. The lowest BCUT2D eigenvalue weighted by molar-refractivity contribution is -0.176. The van der Waals surface area contributed by atoms with Crippen molar-refractivity contribution in [3.63, 3.8) is 0 Å². The highest BCUT2D eigenvalue weighted by Crippen LogP contribution is 2.50. The number of para-hydroxylation sites is 1. The number of carbonyl (C=O) groups excluding carboxylic acids is 3. The first-order valence-corrected chi connectivity index (χ1v) is 14.4. The Morgan fingerprint density at radius 1 is 1.05 bits per heavy atom. The first kappa shape index (κ1) is 28.2. The Morgan fingerprint density at radius 2 is 1.86 bits per heavy atom. The van der Waals surface area contributed by atoms with Crippen molar-refractivity contribution >= 4 is 34.4 Å². The van der Waals surface area contributed by atoms with Crippen LogP contribution in [-0.2, 0) is 30.2 Å². The van der Waals surface area contributed by atoms with Gasteiger partial charge in [0.15, 0.2) is 0 Å². The van der Waals surface area contributed by atoms with Crippen molar-refractivity contribution in [3.05, 3.63) is 59.3 Å². The molecule has 1 aliphatic carbocycles. The molecule has 6 rings (SSSR count). The average molecular weight is 576 g/mol. The fourth-order valence-corrected chi connectivity index (χ4v) is 7.52. The van der Waals surface area contributed by atoms with Gasteiger partial charge in [0.1, 0.15) is 18.0 Å². The zero-order valence-electron chi connectivity index (χ0n) is 24.3. The van der Waals surface area contributed by atoms with E-state index in [1.807, 2.05) is 12.1 Å². The van der Waals surface area contributed by atoms with Crippen LogP contribution >= 0.6 is 0 Å². The number of esters is 2. The molecule has 1 saturated carbocycles. The fraction of sp³-hybridized carbons (Fsp3) is 0.469. The predicted octanol–water partition coefficient (Wildman–Crippen LogP) is 4.10. The number of hydrogen-bond donors (Lipinski definition) is 2. The van der Waals surface area contributed by atoms with E-state index in [0.29, 0.717) is 12.1 Å². The SMILES string of the molecule is COC(=O)C1C2CC3c4[nH]c5cc(OC)ccc5c4CCN3CC2CC(OC(=O)c2ccccc2NC(C)=O)C1OC. The summed E-state index contributed by atoms with van der Waals surface area (Å²) >= 11 is 0. The first-order chi connectivity index (χ1) is 20.3. The zero-order chi connectivity index (χ0) is 29.5. The third kappa shape index (κ3) is 4.92. The van der Waals surface area contributed by atoms with Gasteiger partial charge in [0.2, 0.25) is 5.91 Å². The van der Waals surface area contributed by atoms with Gasteiger partial charge in [0.05, 0.1) is 37.4 Å². The summed E-state index contributed by atoms with van der Waals surface area (Å²) in [6.45, 7) is 3.07. The molecule has 1 aromatic heterocycles. The van der Waals surface area contributed by atoms with E-state index in [9.17, 15) is 14.4 Å². The average Bonchev–Trinajstić information content (AvgIpc) is 3.37. The molecule has 0 radical (unpaired) electrons. The van der Waals surface area contributed by atoms with Crippen LogP contribution in [0.5, 0.6) is 5.75 Å². The largest absolute Gasteiger partial charge is 0.497 e. The molecule has 3 heterocycles. The van der Waals surface area contributed by atoms with Crippen LogP contribution in [0, 0.1) is 17.8 Å². The molecule has 6 unspecified atom stereocenters. The topological polar surface area (TPSA) is 119 Å². The van der Waals surface area contributed by atoms with Crippen LogP contribution in [0.2, 0.25) is 0 Å². The number of aromatic nitrogens is 1. The molecule has 42 heavy (non-hydrogen) atoms. The van der Waals surface area contributed by atoms with Crippen molar-refractivity contribution in [1.82, 2.24) is 9.88 Å². The Kier molecular flexibility index (Phi) is 7.67. The molecule has 1 amide bonds. The summed E-state index contributed by atoms with van der Waals surface area (Å²) in [7, 11) is 4.61. The number of piperidine rings is 1. The van der Waals surface area contributed by atoms with Gasteiger partial charge in [-0.1, -0.05) is 12.1 Å². The molecular formula is C32H37N3O7. The summed E-state index contributed by atoms with van der Waals surface area (Å²) in [5, 5.41) is 3.90. The number of ether oxygens (including phenoxy) is 4. The number of fused-ring (bicyclic) bond motifs is 6. The van der Waals surface area contributed by atoms with Crippen LogP contribution in [0.25, 0.3) is 10.9 Å². The molecule has 6 atom stereocenters. The molecule has 3 aliphatic rings. The lowest BCUT2D eigenvalue weighted by Gasteiger charge is -2.52. The summed E-state index contributed by atoms with van der Waals surface area (Å²) < 4.78 is 22.7. The second-order valence-electron chi connectivity index (χ2n) is 11.5. The third-order valence-corrected chi connectivity index (χ3v) is 9.32. The molecule has 222 valence electrons. The van der Waals surface area contributed by atoms with E-state index in [-0.39, 0.29) is 35.3 Å². The minimum atomic E-state index is -0.669. The molecule has 2 fully saturated rings. The Balaban J connectivity index is 1.29. The predicted molar refractivity (Wildman–Crippen MR) is 155 cm³/mol. The van der Waals surface area contributed by atoms with E-state index in [1.165, 1.54) is 30.7 Å². The second-order valence-corrected chi connectivity index (χ2v) is 11.5. The van der Waals surface area contributed by atoms with Crippen molar-refractivity contribution in [2.45, 2.75) is 44.4 Å². The van der Waals surface area contributed by atoms with Gasteiger partial charge in [0.25, 0.3) is 0 Å². The third-order valence-electron chi connectivity index (χ3n) is 9.32. The van der Waals surface area contributed by atoms with Crippen molar-refractivity contribution in [2.75, 3.05) is 39.7 Å². The highest BCUT2D eigenvalue weighted by molar-refractivity contribution is 6.00. The normalized spacial score (nSPS) is 26.9. The fourth-order valence-electron chi connectivity index (χ4n) is 7.52. The van der Waals surface area contributed by atoms with E-state index in [4.69, 9.17) is 18.9 Å². The Bertz CT molecular complexity index is 1520. The number of hydrogen-bond acceptors (Lipinski definition) is 8. The summed E-state index contributed by atoms with van der Waals surface area (Å²) in [5.41, 5.74) is 4.21. The van der Waals surface area contributed by atoms with E-state index >= 15 is 0 Å². The number of aromatic amines is 1. The number of amides is 1. The number of anilines is 1. The molecule has 2 N–H and O–H groups in total. The summed E-state index contributed by atoms with van der Waals surface area (Å²) in [5.74, 6) is -0.919. The molecular weight excluding hydrogens is 538 g/mol. The molecule has 0 bridgehead atoms. The van der Waals surface area contributed by atoms with Gasteiger partial charge < -0.3 is 29.2 Å². The van der Waals surface area contributed by atoms with Crippen LogP contribution in [0.3, 0.4) is 0 Å². The van der Waals surface area contributed by atoms with Gasteiger partial charge in [0, 0.05) is 49.8 Å². The maximum atomic E-state index is 13.4. The summed E-state index contributed by atoms with van der Waals surface area (Å²) in [6.07, 6.45) is 0.917. The van der Waals surface area contributed by atoms with Crippen LogP contribution in [0.15, 0.2) is 42.5 Å². The maximum Gasteiger partial charge on any atom is 0.340 e. The van der Waals surface area contributed by atoms with E-state index in [0.717, 1.165) is 37.2 Å². The maximum absolute atomic E-state index is 13.4. The molecule has 0 spiro atoms. The quantitative estimate of drug-likeness (QED) is 0.422. The monoisotopic (exact) mass is 575 g/mol. The van der Waals surface area contributed by atoms with Gasteiger partial charge in [-0.05, 0) is 60.9 Å². The Hall–Kier alpha value is -3.89. The first-order valence-electron chi connectivity index (χ1n) is 14.4. The number of rotatable bonds is 6. The molecule has 2 aromatic carbocycles.